The van der Waals surface area contributed by atoms with Crippen molar-refractivity contribution in [1.29, 1.82) is 0 Å². The zero-order valence-corrected chi connectivity index (χ0v) is 22.7. The summed E-state index contributed by atoms with van der Waals surface area (Å²) in [4.78, 5) is 29.2. The number of anilines is 1. The van der Waals surface area contributed by atoms with Crippen molar-refractivity contribution in [3.05, 3.63) is 28.1 Å². The summed E-state index contributed by atoms with van der Waals surface area (Å²) in [6.45, 7) is 13.3. The van der Waals surface area contributed by atoms with Gasteiger partial charge in [0.2, 0.25) is 0 Å². The van der Waals surface area contributed by atoms with Gasteiger partial charge in [-0.25, -0.2) is 14.8 Å². The molecule has 0 aliphatic carbocycles. The number of aryl methyl sites for hydroxylation is 1. The van der Waals surface area contributed by atoms with Crippen LogP contribution in [0.2, 0.25) is 0 Å². The molecule has 0 unspecified atom stereocenters. The summed E-state index contributed by atoms with van der Waals surface area (Å²) in [6, 6.07) is 2.32. The minimum atomic E-state index is -0.256. The molecule has 1 amide bonds. The van der Waals surface area contributed by atoms with E-state index in [-0.39, 0.29) is 12.1 Å². The lowest BCUT2D eigenvalue weighted by atomic mass is 10.2. The number of likely N-dealkylation sites (tertiary alicyclic amines) is 1. The first-order valence-corrected chi connectivity index (χ1v) is 13.4. The number of rotatable bonds is 7. The van der Waals surface area contributed by atoms with Crippen LogP contribution < -0.4 is 5.32 Å². The summed E-state index contributed by atoms with van der Waals surface area (Å²) in [5.74, 6) is 0.809. The van der Waals surface area contributed by atoms with Crippen LogP contribution in [-0.2, 0) is 16.0 Å². The molecule has 2 fully saturated rings. The van der Waals surface area contributed by atoms with Crippen LogP contribution in [0.4, 0.5) is 10.5 Å². The van der Waals surface area contributed by atoms with Crippen LogP contribution in [0.5, 0.6) is 0 Å². The van der Waals surface area contributed by atoms with Crippen molar-refractivity contribution in [3.63, 3.8) is 0 Å². The van der Waals surface area contributed by atoms with Gasteiger partial charge in [0.15, 0.2) is 5.65 Å². The van der Waals surface area contributed by atoms with Crippen LogP contribution in [0.25, 0.3) is 22.6 Å². The number of amides is 1. The lowest BCUT2D eigenvalue weighted by Gasteiger charge is -2.27. The van der Waals surface area contributed by atoms with Crippen LogP contribution in [0, 0.1) is 13.8 Å². The summed E-state index contributed by atoms with van der Waals surface area (Å²) < 4.78 is 13.9. The number of aromatic nitrogens is 4. The molecule has 11 heteroatoms. The first-order valence-electron chi connectivity index (χ1n) is 12.6. The average molecular weight is 560 g/mol. The molecule has 0 spiro atoms. The molecule has 2 saturated heterocycles. The molecule has 5 heterocycles. The number of morpholine rings is 1. The molecule has 0 radical (unpaired) electrons. The topological polar surface area (TPSA) is 101 Å². The lowest BCUT2D eigenvalue weighted by molar-refractivity contribution is 0.0363. The highest BCUT2D eigenvalue weighted by atomic mass is 79.9. The fourth-order valence-electron chi connectivity index (χ4n) is 5.12. The Morgan fingerprint density at radius 1 is 1.28 bits per heavy atom. The maximum atomic E-state index is 12.1. The Morgan fingerprint density at radius 3 is 2.86 bits per heavy atom. The Morgan fingerprint density at radius 2 is 2.08 bits per heavy atom. The SMILES string of the molecule is CCOC(=O)N1CC[C@H](Nc2c(Br)cnc3nc(-c4cc(C)n(CCN5CCOCC5)c4C)[nH]c23)C1. The number of H-pyrrole nitrogens is 1. The number of aromatic amines is 1. The summed E-state index contributed by atoms with van der Waals surface area (Å²) >= 11 is 3.65. The van der Waals surface area contributed by atoms with Crippen molar-refractivity contribution in [2.24, 2.45) is 0 Å². The van der Waals surface area contributed by atoms with Crippen LogP contribution >= 0.6 is 15.9 Å². The summed E-state index contributed by atoms with van der Waals surface area (Å²) in [5.41, 5.74) is 5.92. The molecule has 5 rings (SSSR count). The molecule has 2 N–H and O–H groups in total. The van der Waals surface area contributed by atoms with E-state index in [0.29, 0.717) is 25.3 Å². The van der Waals surface area contributed by atoms with Gasteiger partial charge in [0.1, 0.15) is 11.3 Å². The number of nitrogens with one attached hydrogen (secondary N) is 2. The monoisotopic (exact) mass is 559 g/mol. The summed E-state index contributed by atoms with van der Waals surface area (Å²) in [6.07, 6.45) is 2.37. The number of pyridine rings is 1. The number of carbonyl (C=O) groups is 1. The first-order chi connectivity index (χ1) is 17.4. The number of carbonyl (C=O) groups excluding carboxylic acids is 1. The highest BCUT2D eigenvalue weighted by Crippen LogP contribution is 2.33. The molecule has 2 aliphatic heterocycles. The van der Waals surface area contributed by atoms with Crippen molar-refractivity contribution >= 4 is 38.9 Å². The van der Waals surface area contributed by atoms with Crippen molar-refractivity contribution < 1.29 is 14.3 Å². The summed E-state index contributed by atoms with van der Waals surface area (Å²) in [5, 5.41) is 3.60. The average Bonchev–Trinajstić information content (AvgIpc) is 3.58. The third kappa shape index (κ3) is 5.09. The van der Waals surface area contributed by atoms with Gasteiger partial charge < -0.3 is 29.2 Å². The molecule has 2 aliphatic rings. The van der Waals surface area contributed by atoms with E-state index >= 15 is 0 Å². The van der Waals surface area contributed by atoms with Crippen molar-refractivity contribution in [1.82, 2.24) is 29.3 Å². The van der Waals surface area contributed by atoms with Crippen LogP contribution in [0.15, 0.2) is 16.7 Å². The van der Waals surface area contributed by atoms with Gasteiger partial charge >= 0.3 is 6.09 Å². The third-order valence-corrected chi connectivity index (χ3v) is 7.71. The van der Waals surface area contributed by atoms with E-state index in [4.69, 9.17) is 14.5 Å². The molecule has 0 aromatic carbocycles. The number of hydrogen-bond acceptors (Lipinski definition) is 7. The zero-order valence-electron chi connectivity index (χ0n) is 21.1. The smallest absolute Gasteiger partial charge is 0.409 e. The Bertz CT molecular complexity index is 1230. The number of fused-ring (bicyclic) bond motifs is 1. The maximum Gasteiger partial charge on any atom is 0.409 e. The van der Waals surface area contributed by atoms with Crippen LogP contribution in [-0.4, -0.2) is 94.0 Å². The highest BCUT2D eigenvalue weighted by molar-refractivity contribution is 9.10. The Kier molecular flexibility index (Phi) is 7.49. The van der Waals surface area contributed by atoms with E-state index < -0.39 is 0 Å². The fourth-order valence-corrected chi connectivity index (χ4v) is 5.53. The fraction of sp³-hybridized carbons (Fsp3) is 0.560. The molecule has 3 aromatic rings. The van der Waals surface area contributed by atoms with Crippen molar-refractivity contribution in [2.45, 2.75) is 39.8 Å². The van der Waals surface area contributed by atoms with Crippen molar-refractivity contribution in [2.75, 3.05) is 57.9 Å². The molecule has 3 aromatic heterocycles. The molecule has 36 heavy (non-hydrogen) atoms. The van der Waals surface area contributed by atoms with E-state index in [1.54, 1.807) is 11.1 Å². The van der Waals surface area contributed by atoms with Gasteiger partial charge in [-0.1, -0.05) is 0 Å². The molecular weight excluding hydrogens is 526 g/mol. The Hall–Kier alpha value is -2.63. The molecule has 194 valence electrons. The van der Waals surface area contributed by atoms with Gasteiger partial charge in [-0.15, -0.1) is 0 Å². The number of imidazole rings is 1. The Labute approximate surface area is 219 Å². The second kappa shape index (κ2) is 10.8. The number of ether oxygens (including phenoxy) is 2. The number of halogens is 1. The van der Waals surface area contributed by atoms with E-state index in [1.807, 2.05) is 6.92 Å². The second-order valence-corrected chi connectivity index (χ2v) is 10.3. The minimum Gasteiger partial charge on any atom is -0.450 e. The van der Waals surface area contributed by atoms with Gasteiger partial charge in [0, 0.05) is 68.5 Å². The maximum absolute atomic E-state index is 12.1. The number of nitrogens with zero attached hydrogens (tertiary/aromatic N) is 5. The normalized spacial score (nSPS) is 18.8. The van der Waals surface area contributed by atoms with E-state index in [1.165, 1.54) is 11.4 Å². The quantitative estimate of drug-likeness (QED) is 0.454. The molecule has 1 atom stereocenters. The third-order valence-electron chi connectivity index (χ3n) is 7.11. The Balaban J connectivity index is 1.36. The van der Waals surface area contributed by atoms with Crippen LogP contribution in [0.3, 0.4) is 0 Å². The molecule has 0 saturated carbocycles. The van der Waals surface area contributed by atoms with Gasteiger partial charge in [0.25, 0.3) is 0 Å². The largest absolute Gasteiger partial charge is 0.450 e. The first kappa shape index (κ1) is 25.0. The summed E-state index contributed by atoms with van der Waals surface area (Å²) in [7, 11) is 0. The molecular formula is C25H34BrN7O3. The minimum absolute atomic E-state index is 0.119. The highest BCUT2D eigenvalue weighted by Gasteiger charge is 2.28. The molecule has 0 bridgehead atoms. The van der Waals surface area contributed by atoms with Crippen molar-refractivity contribution in [3.8, 4) is 11.4 Å². The van der Waals surface area contributed by atoms with Gasteiger partial charge in [-0.3, -0.25) is 4.90 Å². The number of hydrogen-bond donors (Lipinski definition) is 2. The van der Waals surface area contributed by atoms with Crippen LogP contribution in [0.1, 0.15) is 24.7 Å². The van der Waals surface area contributed by atoms with Gasteiger partial charge in [0.05, 0.1) is 30.0 Å². The molecule has 10 nitrogen and oxygen atoms in total. The standard InChI is InChI=1S/C25H34BrN7O3/c1-4-36-25(34)32-6-5-18(15-32)28-21-20(26)14-27-24-22(21)29-23(30-24)19-13-16(2)33(17(19)3)8-7-31-9-11-35-12-10-31/h13-14,18H,4-12,15H2,1-3H3,(H2,27,28,29,30)/t18-/m0/s1. The van der Waals surface area contributed by atoms with E-state index in [9.17, 15) is 4.79 Å². The van der Waals surface area contributed by atoms with E-state index in [0.717, 1.165) is 72.9 Å². The predicted octanol–water partition coefficient (Wildman–Crippen LogP) is 3.78. The zero-order chi connectivity index (χ0) is 25.2. The predicted molar refractivity (Wildman–Crippen MR) is 142 cm³/mol. The lowest BCUT2D eigenvalue weighted by Crippen LogP contribution is -2.38. The van der Waals surface area contributed by atoms with E-state index in [2.05, 4.69) is 60.6 Å². The van der Waals surface area contributed by atoms with Gasteiger partial charge in [-0.2, -0.15) is 0 Å². The second-order valence-electron chi connectivity index (χ2n) is 9.43. The van der Waals surface area contributed by atoms with Gasteiger partial charge in [-0.05, 0) is 49.2 Å².